The number of aliphatic hydroxyl groups is 1. The van der Waals surface area contributed by atoms with Crippen LogP contribution in [-0.2, 0) is 0 Å². The van der Waals surface area contributed by atoms with Gasteiger partial charge in [0.1, 0.15) is 0 Å². The first-order valence-electron chi connectivity index (χ1n) is 9.51. The molecule has 0 fully saturated rings. The predicted molar refractivity (Wildman–Crippen MR) is 102 cm³/mol. The Morgan fingerprint density at radius 3 is 2.21 bits per heavy atom. The predicted octanol–water partition coefficient (Wildman–Crippen LogP) is 6.31. The fourth-order valence-electron chi connectivity index (χ4n) is 3.17. The summed E-state index contributed by atoms with van der Waals surface area (Å²) in [5, 5.41) is 10.6. The van der Waals surface area contributed by atoms with Crippen molar-refractivity contribution in [3.63, 3.8) is 0 Å². The van der Waals surface area contributed by atoms with Crippen LogP contribution in [0.5, 0.6) is 0 Å². The second kappa shape index (κ2) is 11.0. The Bertz CT molecular complexity index is 567. The van der Waals surface area contributed by atoms with Gasteiger partial charge in [0, 0.05) is 11.8 Å². The van der Waals surface area contributed by atoms with E-state index in [4.69, 9.17) is 0 Å². The molecule has 24 heavy (non-hydrogen) atoms. The molecule has 1 unspecified atom stereocenters. The molecule has 2 heteroatoms. The summed E-state index contributed by atoms with van der Waals surface area (Å²) in [6.07, 6.45) is 12.6. The minimum Gasteiger partial charge on any atom is -0.388 e. The number of pyridine rings is 1. The van der Waals surface area contributed by atoms with E-state index < -0.39 is 6.10 Å². The standard InChI is InChI=1S/C22H31NO/c1-2-3-4-5-6-7-8-9-17-22(24)20-15-11-10-14-19(20)21-16-12-13-18-23-21/h10-16,18,22,24H,2-9,17H2,1H3. The van der Waals surface area contributed by atoms with Crippen LogP contribution >= 0.6 is 0 Å². The largest absolute Gasteiger partial charge is 0.388 e. The Labute approximate surface area is 147 Å². The van der Waals surface area contributed by atoms with Gasteiger partial charge in [-0.1, -0.05) is 88.6 Å². The van der Waals surface area contributed by atoms with Gasteiger partial charge in [0.25, 0.3) is 0 Å². The summed E-state index contributed by atoms with van der Waals surface area (Å²) in [5.74, 6) is 0. The van der Waals surface area contributed by atoms with Crippen LogP contribution in [-0.4, -0.2) is 10.1 Å². The number of hydrogen-bond acceptors (Lipinski definition) is 2. The molecule has 0 bridgehead atoms. The fraction of sp³-hybridized carbons (Fsp3) is 0.500. The summed E-state index contributed by atoms with van der Waals surface area (Å²) in [6.45, 7) is 2.25. The summed E-state index contributed by atoms with van der Waals surface area (Å²) in [4.78, 5) is 4.43. The van der Waals surface area contributed by atoms with Crippen molar-refractivity contribution in [3.8, 4) is 11.3 Å². The molecule has 0 amide bonds. The highest BCUT2D eigenvalue weighted by atomic mass is 16.3. The molecule has 1 heterocycles. The number of unbranched alkanes of at least 4 members (excludes halogenated alkanes) is 7. The van der Waals surface area contributed by atoms with Gasteiger partial charge in [0.15, 0.2) is 0 Å². The van der Waals surface area contributed by atoms with E-state index in [0.29, 0.717) is 0 Å². The van der Waals surface area contributed by atoms with Crippen LogP contribution in [0.25, 0.3) is 11.3 Å². The smallest absolute Gasteiger partial charge is 0.0796 e. The second-order valence-corrected chi connectivity index (χ2v) is 6.58. The topological polar surface area (TPSA) is 33.1 Å². The van der Waals surface area contributed by atoms with E-state index in [1.807, 2.05) is 36.4 Å². The Morgan fingerprint density at radius 1 is 0.833 bits per heavy atom. The van der Waals surface area contributed by atoms with Crippen molar-refractivity contribution in [3.05, 3.63) is 54.2 Å². The molecule has 0 aliphatic heterocycles. The van der Waals surface area contributed by atoms with Gasteiger partial charge < -0.3 is 5.11 Å². The van der Waals surface area contributed by atoms with Crippen molar-refractivity contribution in [2.45, 2.75) is 70.8 Å². The van der Waals surface area contributed by atoms with Crippen molar-refractivity contribution in [2.75, 3.05) is 0 Å². The van der Waals surface area contributed by atoms with Crippen LogP contribution in [0.1, 0.15) is 76.4 Å². The zero-order valence-corrected chi connectivity index (χ0v) is 15.0. The molecule has 0 saturated carbocycles. The summed E-state index contributed by atoms with van der Waals surface area (Å²) in [7, 11) is 0. The zero-order chi connectivity index (χ0) is 17.0. The first-order valence-corrected chi connectivity index (χ1v) is 9.51. The Balaban J connectivity index is 1.80. The minimum absolute atomic E-state index is 0.400. The van der Waals surface area contributed by atoms with Gasteiger partial charge >= 0.3 is 0 Å². The van der Waals surface area contributed by atoms with Gasteiger partial charge in [-0.25, -0.2) is 0 Å². The lowest BCUT2D eigenvalue weighted by atomic mass is 9.96. The molecular formula is C22H31NO. The Kier molecular flexibility index (Phi) is 8.54. The molecule has 0 aliphatic rings. The molecule has 0 radical (unpaired) electrons. The summed E-state index contributed by atoms with van der Waals surface area (Å²) in [5.41, 5.74) is 2.98. The van der Waals surface area contributed by atoms with Gasteiger partial charge in [0.05, 0.1) is 11.8 Å². The van der Waals surface area contributed by atoms with Crippen LogP contribution in [0.2, 0.25) is 0 Å². The molecule has 2 aromatic rings. The maximum atomic E-state index is 10.6. The highest BCUT2D eigenvalue weighted by Crippen LogP contribution is 2.29. The van der Waals surface area contributed by atoms with E-state index in [9.17, 15) is 5.11 Å². The van der Waals surface area contributed by atoms with Crippen LogP contribution < -0.4 is 0 Å². The first kappa shape index (κ1) is 18.7. The third kappa shape index (κ3) is 6.09. The van der Waals surface area contributed by atoms with Crippen molar-refractivity contribution in [2.24, 2.45) is 0 Å². The Morgan fingerprint density at radius 2 is 1.50 bits per heavy atom. The van der Waals surface area contributed by atoms with Gasteiger partial charge in [0.2, 0.25) is 0 Å². The lowest BCUT2D eigenvalue weighted by molar-refractivity contribution is 0.164. The molecule has 1 aromatic heterocycles. The fourth-order valence-corrected chi connectivity index (χ4v) is 3.17. The number of rotatable bonds is 11. The third-order valence-corrected chi connectivity index (χ3v) is 4.59. The van der Waals surface area contributed by atoms with Crippen LogP contribution in [0.4, 0.5) is 0 Å². The van der Waals surface area contributed by atoms with E-state index in [1.54, 1.807) is 6.20 Å². The molecule has 1 aromatic carbocycles. The monoisotopic (exact) mass is 325 g/mol. The van der Waals surface area contributed by atoms with Crippen molar-refractivity contribution >= 4 is 0 Å². The van der Waals surface area contributed by atoms with Crippen LogP contribution in [0, 0.1) is 0 Å². The molecule has 1 N–H and O–H groups in total. The summed E-state index contributed by atoms with van der Waals surface area (Å²) in [6, 6.07) is 14.0. The zero-order valence-electron chi connectivity index (χ0n) is 15.0. The quantitative estimate of drug-likeness (QED) is 0.491. The van der Waals surface area contributed by atoms with Crippen molar-refractivity contribution < 1.29 is 5.11 Å². The molecule has 0 aliphatic carbocycles. The van der Waals surface area contributed by atoms with Crippen LogP contribution in [0.15, 0.2) is 48.7 Å². The van der Waals surface area contributed by atoms with E-state index in [0.717, 1.165) is 29.7 Å². The molecular weight excluding hydrogens is 294 g/mol. The summed E-state index contributed by atoms with van der Waals surface area (Å²) < 4.78 is 0. The highest BCUT2D eigenvalue weighted by Gasteiger charge is 2.13. The van der Waals surface area contributed by atoms with Gasteiger partial charge in [-0.3, -0.25) is 4.98 Å². The highest BCUT2D eigenvalue weighted by molar-refractivity contribution is 5.63. The molecule has 1 atom stereocenters. The van der Waals surface area contributed by atoms with Gasteiger partial charge in [-0.2, -0.15) is 0 Å². The van der Waals surface area contributed by atoms with Crippen LogP contribution in [0.3, 0.4) is 0 Å². The van der Waals surface area contributed by atoms with Gasteiger partial charge in [-0.05, 0) is 24.1 Å². The lowest BCUT2D eigenvalue weighted by Crippen LogP contribution is -2.00. The SMILES string of the molecule is CCCCCCCCCCC(O)c1ccccc1-c1ccccn1. The van der Waals surface area contributed by atoms with E-state index in [1.165, 1.54) is 44.9 Å². The molecule has 0 saturated heterocycles. The number of aliphatic hydroxyl groups excluding tert-OH is 1. The molecule has 0 spiro atoms. The molecule has 130 valence electrons. The van der Waals surface area contributed by atoms with E-state index in [-0.39, 0.29) is 0 Å². The number of nitrogens with zero attached hydrogens (tertiary/aromatic N) is 1. The normalized spacial score (nSPS) is 12.2. The first-order chi connectivity index (χ1) is 11.8. The molecule has 2 rings (SSSR count). The van der Waals surface area contributed by atoms with Gasteiger partial charge in [-0.15, -0.1) is 0 Å². The minimum atomic E-state index is -0.400. The lowest BCUT2D eigenvalue weighted by Gasteiger charge is -2.15. The van der Waals surface area contributed by atoms with E-state index in [2.05, 4.69) is 18.0 Å². The number of hydrogen-bond donors (Lipinski definition) is 1. The maximum absolute atomic E-state index is 10.6. The average Bonchev–Trinajstić information content (AvgIpc) is 2.64. The third-order valence-electron chi connectivity index (χ3n) is 4.59. The second-order valence-electron chi connectivity index (χ2n) is 6.58. The van der Waals surface area contributed by atoms with Crippen molar-refractivity contribution in [1.29, 1.82) is 0 Å². The van der Waals surface area contributed by atoms with Crippen molar-refractivity contribution in [1.82, 2.24) is 4.98 Å². The maximum Gasteiger partial charge on any atom is 0.0796 e. The molecule has 2 nitrogen and oxygen atoms in total. The number of aromatic nitrogens is 1. The summed E-state index contributed by atoms with van der Waals surface area (Å²) >= 11 is 0. The van der Waals surface area contributed by atoms with E-state index >= 15 is 0 Å². The Hall–Kier alpha value is -1.67. The average molecular weight is 325 g/mol. The number of benzene rings is 1.